The summed E-state index contributed by atoms with van der Waals surface area (Å²) in [6.45, 7) is 16.4. The van der Waals surface area contributed by atoms with Crippen LogP contribution in [0.25, 0.3) is 27.6 Å². The van der Waals surface area contributed by atoms with E-state index < -0.39 is 0 Å². The lowest BCUT2D eigenvalue weighted by atomic mass is 9.86. The molecule has 0 saturated carbocycles. The smallest absolute Gasteiger partial charge is 0.137 e. The van der Waals surface area contributed by atoms with Gasteiger partial charge in [-0.2, -0.15) is 0 Å². The summed E-state index contributed by atoms with van der Waals surface area (Å²) in [5.74, 6) is 2.49. The number of rotatable bonds is 5. The molecule has 0 fully saturated rings. The van der Waals surface area contributed by atoms with Crippen LogP contribution in [0.5, 0.6) is 11.5 Å². The molecule has 0 spiro atoms. The van der Waals surface area contributed by atoms with Gasteiger partial charge in [-0.15, -0.1) is 0 Å². The standard InChI is InChI=1S/C41H42N4O/c1-28-23-29(40(2,3)4)15-18-36(28)44-22-21-43(27-44)31-11-10-12-32(25-31)46-33-16-17-35-34-13-8-9-14-37(34)45(38(35)26-33)39-24-30(19-20-42-39)41(5,6)7/h8-26H,27H2,1-7H3. The van der Waals surface area contributed by atoms with Gasteiger partial charge in [-0.25, -0.2) is 4.98 Å². The first-order valence-corrected chi connectivity index (χ1v) is 16.1. The molecule has 0 N–H and O–H groups in total. The molecule has 6 aromatic rings. The second kappa shape index (κ2) is 11.1. The number of anilines is 2. The molecule has 0 atom stereocenters. The van der Waals surface area contributed by atoms with Crippen molar-refractivity contribution < 1.29 is 4.74 Å². The van der Waals surface area contributed by atoms with Gasteiger partial charge in [-0.3, -0.25) is 4.57 Å². The highest BCUT2D eigenvalue weighted by atomic mass is 16.5. The van der Waals surface area contributed by atoms with Gasteiger partial charge in [0.1, 0.15) is 17.3 Å². The van der Waals surface area contributed by atoms with Gasteiger partial charge in [0.15, 0.2) is 0 Å². The summed E-state index contributed by atoms with van der Waals surface area (Å²) in [6.07, 6.45) is 6.21. The number of hydrogen-bond donors (Lipinski definition) is 0. The number of hydrogen-bond acceptors (Lipinski definition) is 4. The van der Waals surface area contributed by atoms with E-state index >= 15 is 0 Å². The summed E-state index contributed by atoms with van der Waals surface area (Å²) >= 11 is 0. The van der Waals surface area contributed by atoms with Crippen LogP contribution in [0.1, 0.15) is 58.2 Å². The average molecular weight is 607 g/mol. The molecule has 5 nitrogen and oxygen atoms in total. The molecule has 4 aromatic carbocycles. The Morgan fingerprint density at radius 1 is 0.630 bits per heavy atom. The van der Waals surface area contributed by atoms with Crippen LogP contribution in [-0.2, 0) is 10.8 Å². The van der Waals surface area contributed by atoms with Crippen molar-refractivity contribution in [3.8, 4) is 17.3 Å². The number of aryl methyl sites for hydroxylation is 1. The van der Waals surface area contributed by atoms with Crippen molar-refractivity contribution in [2.24, 2.45) is 0 Å². The molecular formula is C41H42N4O. The lowest BCUT2D eigenvalue weighted by molar-refractivity contribution is 0.483. The maximum absolute atomic E-state index is 6.53. The number of ether oxygens (including phenoxy) is 1. The lowest BCUT2D eigenvalue weighted by Gasteiger charge is -2.25. The summed E-state index contributed by atoms with van der Waals surface area (Å²) < 4.78 is 8.78. The average Bonchev–Trinajstić information content (AvgIpc) is 3.64. The Morgan fingerprint density at radius 2 is 1.35 bits per heavy atom. The van der Waals surface area contributed by atoms with E-state index in [-0.39, 0.29) is 10.8 Å². The Hall–Kier alpha value is -5.03. The molecule has 232 valence electrons. The lowest BCUT2D eigenvalue weighted by Crippen LogP contribution is -2.25. The van der Waals surface area contributed by atoms with E-state index in [0.29, 0.717) is 0 Å². The normalized spacial score (nSPS) is 13.7. The number of fused-ring (bicyclic) bond motifs is 3. The second-order valence-electron chi connectivity index (χ2n) is 14.4. The highest BCUT2D eigenvalue weighted by Gasteiger charge is 2.21. The van der Waals surface area contributed by atoms with Crippen LogP contribution in [0.4, 0.5) is 11.4 Å². The van der Waals surface area contributed by atoms with Crippen molar-refractivity contribution >= 4 is 33.2 Å². The van der Waals surface area contributed by atoms with Crippen LogP contribution in [-0.4, -0.2) is 16.2 Å². The monoisotopic (exact) mass is 606 g/mol. The number of para-hydroxylation sites is 1. The molecule has 0 radical (unpaired) electrons. The van der Waals surface area contributed by atoms with Gasteiger partial charge in [0.25, 0.3) is 0 Å². The Kier molecular flexibility index (Phi) is 7.16. The summed E-state index contributed by atoms with van der Waals surface area (Å²) in [7, 11) is 0. The molecule has 46 heavy (non-hydrogen) atoms. The summed E-state index contributed by atoms with van der Waals surface area (Å²) in [5, 5.41) is 2.37. The van der Waals surface area contributed by atoms with Gasteiger partial charge >= 0.3 is 0 Å². The molecule has 0 saturated heterocycles. The van der Waals surface area contributed by atoms with Crippen molar-refractivity contribution in [2.45, 2.75) is 59.3 Å². The Bertz CT molecular complexity index is 2110. The number of benzene rings is 4. The third kappa shape index (κ3) is 5.51. The van der Waals surface area contributed by atoms with Crippen LogP contribution in [0, 0.1) is 6.92 Å². The van der Waals surface area contributed by atoms with Crippen LogP contribution in [0.15, 0.2) is 116 Å². The molecular weight excluding hydrogens is 564 g/mol. The first-order chi connectivity index (χ1) is 22.0. The third-order valence-corrected chi connectivity index (χ3v) is 8.97. The van der Waals surface area contributed by atoms with Crippen LogP contribution in [0.3, 0.4) is 0 Å². The van der Waals surface area contributed by atoms with Gasteiger partial charge in [-0.1, -0.05) is 77.9 Å². The molecule has 3 heterocycles. The Morgan fingerprint density at radius 3 is 2.13 bits per heavy atom. The van der Waals surface area contributed by atoms with Gasteiger partial charge in [0, 0.05) is 52.9 Å². The zero-order chi connectivity index (χ0) is 32.2. The summed E-state index contributed by atoms with van der Waals surface area (Å²) in [5.41, 5.74) is 8.54. The van der Waals surface area contributed by atoms with E-state index in [4.69, 9.17) is 9.72 Å². The Labute approximate surface area is 272 Å². The largest absolute Gasteiger partial charge is 0.457 e. The molecule has 0 unspecified atom stereocenters. The van der Waals surface area contributed by atoms with Crippen LogP contribution >= 0.6 is 0 Å². The third-order valence-electron chi connectivity index (χ3n) is 8.97. The van der Waals surface area contributed by atoms with Crippen molar-refractivity contribution in [1.29, 1.82) is 0 Å². The number of aromatic nitrogens is 2. The van der Waals surface area contributed by atoms with Gasteiger partial charge in [-0.05, 0) is 83.0 Å². The zero-order valence-corrected chi connectivity index (χ0v) is 27.9. The summed E-state index contributed by atoms with van der Waals surface area (Å²) in [4.78, 5) is 9.36. The molecule has 0 bridgehead atoms. The molecule has 1 aliphatic heterocycles. The number of pyridine rings is 1. The Balaban J connectivity index is 1.17. The second-order valence-corrected chi connectivity index (χ2v) is 14.4. The number of nitrogens with zero attached hydrogens (tertiary/aromatic N) is 4. The molecule has 1 aliphatic rings. The van der Waals surface area contributed by atoms with E-state index in [1.807, 2.05) is 12.3 Å². The fourth-order valence-corrected chi connectivity index (χ4v) is 6.32. The minimum Gasteiger partial charge on any atom is -0.457 e. The van der Waals surface area contributed by atoms with Crippen molar-refractivity contribution in [3.63, 3.8) is 0 Å². The molecule has 7 rings (SSSR count). The highest BCUT2D eigenvalue weighted by molar-refractivity contribution is 6.09. The van der Waals surface area contributed by atoms with Crippen LogP contribution in [0.2, 0.25) is 0 Å². The zero-order valence-electron chi connectivity index (χ0n) is 27.9. The highest BCUT2D eigenvalue weighted by Crippen LogP contribution is 2.37. The maximum Gasteiger partial charge on any atom is 0.137 e. The first-order valence-electron chi connectivity index (χ1n) is 16.1. The van der Waals surface area contributed by atoms with Crippen LogP contribution < -0.4 is 14.5 Å². The van der Waals surface area contributed by atoms with E-state index in [1.165, 1.54) is 33.2 Å². The van der Waals surface area contributed by atoms with Crippen molar-refractivity contribution in [2.75, 3.05) is 16.5 Å². The van der Waals surface area contributed by atoms with E-state index in [9.17, 15) is 0 Å². The molecule has 0 amide bonds. The molecule has 0 aliphatic carbocycles. The van der Waals surface area contributed by atoms with E-state index in [0.717, 1.165) is 40.7 Å². The van der Waals surface area contributed by atoms with Gasteiger partial charge < -0.3 is 14.5 Å². The SMILES string of the molecule is Cc1cc(C(C)(C)C)ccc1N1C=CN(c2cccc(Oc3ccc4c5ccccc5n(-c5cc(C(C)(C)C)ccn5)c4c3)c2)C1. The van der Waals surface area contributed by atoms with Crippen molar-refractivity contribution in [1.82, 2.24) is 9.55 Å². The molecule has 2 aromatic heterocycles. The summed E-state index contributed by atoms with van der Waals surface area (Å²) in [6, 6.07) is 34.3. The maximum atomic E-state index is 6.53. The van der Waals surface area contributed by atoms with Gasteiger partial charge in [0.05, 0.1) is 17.7 Å². The topological polar surface area (TPSA) is 33.5 Å². The minimum absolute atomic E-state index is 0.0208. The van der Waals surface area contributed by atoms with E-state index in [2.05, 4.69) is 166 Å². The predicted molar refractivity (Wildman–Crippen MR) is 193 cm³/mol. The molecule has 5 heteroatoms. The van der Waals surface area contributed by atoms with Crippen molar-refractivity contribution in [3.05, 3.63) is 132 Å². The fourth-order valence-electron chi connectivity index (χ4n) is 6.32. The fraction of sp³-hybridized carbons (Fsp3) is 0.244. The quantitative estimate of drug-likeness (QED) is 0.195. The van der Waals surface area contributed by atoms with Gasteiger partial charge in [0.2, 0.25) is 0 Å². The minimum atomic E-state index is 0.0208. The predicted octanol–water partition coefficient (Wildman–Crippen LogP) is 10.6. The first kappa shape index (κ1) is 29.7. The van der Waals surface area contributed by atoms with E-state index in [1.54, 1.807) is 0 Å².